The van der Waals surface area contributed by atoms with Crippen molar-refractivity contribution in [3.8, 4) is 17.1 Å². The predicted octanol–water partition coefficient (Wildman–Crippen LogP) is 6.51. The van der Waals surface area contributed by atoms with E-state index in [2.05, 4.69) is 73.7 Å². The number of hydrogen-bond acceptors (Lipinski definition) is 4. The molecule has 2 aromatic carbocycles. The van der Waals surface area contributed by atoms with Crippen molar-refractivity contribution < 1.29 is 4.74 Å². The van der Waals surface area contributed by atoms with Crippen LogP contribution in [0.25, 0.3) is 11.4 Å². The zero-order valence-corrected chi connectivity index (χ0v) is 18.7. The maximum absolute atomic E-state index is 6.08. The number of benzene rings is 2. The van der Waals surface area contributed by atoms with Crippen LogP contribution in [0.4, 0.5) is 0 Å². The van der Waals surface area contributed by atoms with Gasteiger partial charge in [0, 0.05) is 22.3 Å². The monoisotopic (exact) mass is 469 g/mol. The molecule has 0 radical (unpaired) electrons. The van der Waals surface area contributed by atoms with Crippen molar-refractivity contribution in [3.63, 3.8) is 0 Å². The van der Waals surface area contributed by atoms with Crippen molar-refractivity contribution in [2.45, 2.75) is 49.2 Å². The van der Waals surface area contributed by atoms with Gasteiger partial charge >= 0.3 is 0 Å². The first kappa shape index (κ1) is 20.2. The van der Waals surface area contributed by atoms with Gasteiger partial charge in [-0.25, -0.2) is 0 Å². The van der Waals surface area contributed by atoms with Gasteiger partial charge in [0.2, 0.25) is 0 Å². The summed E-state index contributed by atoms with van der Waals surface area (Å²) in [6, 6.07) is 16.6. The highest BCUT2D eigenvalue weighted by molar-refractivity contribution is 9.10. The lowest BCUT2D eigenvalue weighted by atomic mass is 10.2. The van der Waals surface area contributed by atoms with Crippen LogP contribution in [-0.4, -0.2) is 20.9 Å². The Balaban J connectivity index is 1.49. The summed E-state index contributed by atoms with van der Waals surface area (Å²) in [7, 11) is 0. The van der Waals surface area contributed by atoms with Gasteiger partial charge in [-0.3, -0.25) is 4.57 Å². The molecule has 1 aromatic heterocycles. The van der Waals surface area contributed by atoms with Crippen LogP contribution in [0.2, 0.25) is 0 Å². The van der Waals surface area contributed by atoms with Crippen LogP contribution in [-0.2, 0) is 12.3 Å². The Hall–Kier alpha value is -2.05. The zero-order valence-electron chi connectivity index (χ0n) is 16.3. The summed E-state index contributed by atoms with van der Waals surface area (Å²) in [5.74, 6) is 2.63. The molecule has 1 aliphatic rings. The smallest absolute Gasteiger partial charge is 0.192 e. The molecule has 0 N–H and O–H groups in total. The van der Waals surface area contributed by atoms with Gasteiger partial charge in [0.25, 0.3) is 0 Å². The minimum atomic E-state index is 0.367. The average Bonchev–Trinajstić information content (AvgIpc) is 3.39. The molecule has 1 fully saturated rings. The summed E-state index contributed by atoms with van der Waals surface area (Å²) >= 11 is 5.17. The number of nitrogens with zero attached hydrogens (tertiary/aromatic N) is 3. The van der Waals surface area contributed by atoms with E-state index in [1.165, 1.54) is 18.4 Å². The summed E-state index contributed by atoms with van der Waals surface area (Å²) in [4.78, 5) is 0. The number of thioether (sulfide) groups is 1. The first-order valence-electron chi connectivity index (χ1n) is 9.91. The van der Waals surface area contributed by atoms with E-state index in [0.717, 1.165) is 45.4 Å². The molecule has 0 bridgehead atoms. The van der Waals surface area contributed by atoms with E-state index in [-0.39, 0.29) is 0 Å². The number of ether oxygens (including phenoxy) is 1. The molecule has 3 aromatic rings. The van der Waals surface area contributed by atoms with E-state index in [0.29, 0.717) is 12.6 Å². The summed E-state index contributed by atoms with van der Waals surface area (Å²) in [6.07, 6.45) is 7.12. The van der Waals surface area contributed by atoms with Crippen LogP contribution in [0.3, 0.4) is 0 Å². The Labute approximate surface area is 184 Å². The molecule has 4 nitrogen and oxygen atoms in total. The second kappa shape index (κ2) is 9.63. The molecule has 1 saturated carbocycles. The molecule has 6 heteroatoms. The van der Waals surface area contributed by atoms with Crippen LogP contribution in [0.15, 0.2) is 70.8 Å². The van der Waals surface area contributed by atoms with E-state index >= 15 is 0 Å². The lowest BCUT2D eigenvalue weighted by molar-refractivity contribution is 0.210. The lowest BCUT2D eigenvalue weighted by Crippen LogP contribution is -2.10. The SMILES string of the molecule is C=CCn1c(SCc2ccc(Br)cc2)nnc1-c1ccc(OC2CCCC2)cc1. The third-order valence-corrected chi connectivity index (χ3v) is 6.59. The molecule has 0 atom stereocenters. The van der Waals surface area contributed by atoms with Gasteiger partial charge in [-0.2, -0.15) is 0 Å². The van der Waals surface area contributed by atoms with Crippen molar-refractivity contribution in [2.75, 3.05) is 0 Å². The first-order valence-corrected chi connectivity index (χ1v) is 11.7. The van der Waals surface area contributed by atoms with Crippen molar-refractivity contribution in [1.29, 1.82) is 0 Å². The Morgan fingerprint density at radius 1 is 1.07 bits per heavy atom. The molecule has 1 aliphatic carbocycles. The quantitative estimate of drug-likeness (QED) is 0.278. The number of rotatable bonds is 8. The Morgan fingerprint density at radius 2 is 1.79 bits per heavy atom. The molecule has 0 amide bonds. The second-order valence-electron chi connectivity index (χ2n) is 7.17. The third kappa shape index (κ3) is 5.11. The number of hydrogen-bond donors (Lipinski definition) is 0. The topological polar surface area (TPSA) is 39.9 Å². The fourth-order valence-corrected chi connectivity index (χ4v) is 4.68. The van der Waals surface area contributed by atoms with Crippen LogP contribution in [0.1, 0.15) is 31.2 Å². The van der Waals surface area contributed by atoms with Gasteiger partial charge in [-0.1, -0.05) is 45.9 Å². The molecular weight excluding hydrogens is 446 g/mol. The molecule has 0 unspecified atom stereocenters. The van der Waals surface area contributed by atoms with E-state index < -0.39 is 0 Å². The Kier molecular flexibility index (Phi) is 6.72. The average molecular weight is 470 g/mol. The summed E-state index contributed by atoms with van der Waals surface area (Å²) < 4.78 is 9.28. The van der Waals surface area contributed by atoms with Gasteiger partial charge in [0.1, 0.15) is 5.75 Å². The summed E-state index contributed by atoms with van der Waals surface area (Å²) in [5.41, 5.74) is 2.29. The predicted molar refractivity (Wildman–Crippen MR) is 122 cm³/mol. The Morgan fingerprint density at radius 3 is 2.48 bits per heavy atom. The van der Waals surface area contributed by atoms with Crippen molar-refractivity contribution in [1.82, 2.24) is 14.8 Å². The van der Waals surface area contributed by atoms with Crippen LogP contribution in [0.5, 0.6) is 5.75 Å². The normalized spacial score (nSPS) is 14.2. The highest BCUT2D eigenvalue weighted by Crippen LogP contribution is 2.29. The van der Waals surface area contributed by atoms with E-state index in [1.54, 1.807) is 11.8 Å². The molecule has 0 saturated heterocycles. The number of halogens is 1. The van der Waals surface area contributed by atoms with Crippen LogP contribution >= 0.6 is 27.7 Å². The minimum absolute atomic E-state index is 0.367. The van der Waals surface area contributed by atoms with Crippen LogP contribution in [0, 0.1) is 0 Å². The molecule has 1 heterocycles. The largest absolute Gasteiger partial charge is 0.490 e. The fourth-order valence-electron chi connectivity index (χ4n) is 3.51. The molecule has 0 aliphatic heterocycles. The van der Waals surface area contributed by atoms with Gasteiger partial charge in [0.05, 0.1) is 6.10 Å². The van der Waals surface area contributed by atoms with Crippen LogP contribution < -0.4 is 4.74 Å². The maximum Gasteiger partial charge on any atom is 0.192 e. The lowest BCUT2D eigenvalue weighted by Gasteiger charge is -2.13. The standard InChI is InChI=1S/C23H24BrN3OS/c1-2-15-27-22(18-9-13-21(14-10-18)28-20-5-3-4-6-20)25-26-23(27)29-16-17-7-11-19(24)12-8-17/h2,7-14,20H,1,3-6,15-16H2. The molecule has 29 heavy (non-hydrogen) atoms. The third-order valence-electron chi connectivity index (χ3n) is 5.03. The Bertz CT molecular complexity index is 947. The maximum atomic E-state index is 6.08. The highest BCUT2D eigenvalue weighted by Gasteiger charge is 2.17. The molecular formula is C23H24BrN3OS. The number of aromatic nitrogens is 3. The molecule has 0 spiro atoms. The van der Waals surface area contributed by atoms with E-state index in [9.17, 15) is 0 Å². The van der Waals surface area contributed by atoms with Gasteiger partial charge < -0.3 is 4.74 Å². The molecule has 4 rings (SSSR count). The van der Waals surface area contributed by atoms with Gasteiger partial charge in [-0.05, 0) is 67.6 Å². The van der Waals surface area contributed by atoms with Gasteiger partial charge in [-0.15, -0.1) is 16.8 Å². The van der Waals surface area contributed by atoms with Gasteiger partial charge in [0.15, 0.2) is 11.0 Å². The summed E-state index contributed by atoms with van der Waals surface area (Å²) in [5, 5.41) is 9.79. The van der Waals surface area contributed by atoms with E-state index in [1.807, 2.05) is 18.2 Å². The van der Waals surface area contributed by atoms with Crippen molar-refractivity contribution >= 4 is 27.7 Å². The zero-order chi connectivity index (χ0) is 20.1. The fraction of sp³-hybridized carbons (Fsp3) is 0.304. The summed E-state index contributed by atoms with van der Waals surface area (Å²) in [6.45, 7) is 4.57. The van der Waals surface area contributed by atoms with E-state index in [4.69, 9.17) is 4.74 Å². The van der Waals surface area contributed by atoms with Crippen molar-refractivity contribution in [3.05, 3.63) is 71.2 Å². The minimum Gasteiger partial charge on any atom is -0.490 e. The van der Waals surface area contributed by atoms with Crippen molar-refractivity contribution in [2.24, 2.45) is 0 Å². The second-order valence-corrected chi connectivity index (χ2v) is 9.03. The first-order chi connectivity index (χ1) is 14.2. The highest BCUT2D eigenvalue weighted by atomic mass is 79.9. The number of allylic oxidation sites excluding steroid dienone is 1. The molecule has 150 valence electrons.